The van der Waals surface area contributed by atoms with E-state index in [1.165, 1.54) is 16.9 Å². The molecule has 0 fully saturated rings. The van der Waals surface area contributed by atoms with E-state index in [9.17, 15) is 9.59 Å². The van der Waals surface area contributed by atoms with Crippen LogP contribution in [0.4, 0.5) is 0 Å². The third-order valence-corrected chi connectivity index (χ3v) is 5.76. The molecule has 5 rings (SSSR count). The van der Waals surface area contributed by atoms with Gasteiger partial charge in [0.1, 0.15) is 11.3 Å². The Morgan fingerprint density at radius 2 is 2.03 bits per heavy atom. The number of aromatic nitrogens is 5. The lowest BCUT2D eigenvalue weighted by Gasteiger charge is -2.15. The molecule has 0 unspecified atom stereocenters. The zero-order valence-corrected chi connectivity index (χ0v) is 18.0. The van der Waals surface area contributed by atoms with Gasteiger partial charge in [-0.15, -0.1) is 0 Å². The van der Waals surface area contributed by atoms with Gasteiger partial charge < -0.3 is 5.32 Å². The highest BCUT2D eigenvalue weighted by atomic mass is 35.5. The summed E-state index contributed by atoms with van der Waals surface area (Å²) in [7, 11) is 1.75. The molecule has 1 atom stereocenters. The van der Waals surface area contributed by atoms with Crippen LogP contribution >= 0.6 is 11.6 Å². The maximum atomic E-state index is 13.2. The fourth-order valence-electron chi connectivity index (χ4n) is 3.91. The molecular formula is C23H19ClN6O2. The summed E-state index contributed by atoms with van der Waals surface area (Å²) in [4.78, 5) is 30.9. The van der Waals surface area contributed by atoms with Gasteiger partial charge >= 0.3 is 0 Å². The summed E-state index contributed by atoms with van der Waals surface area (Å²) in [5.41, 5.74) is 3.13. The molecule has 1 aliphatic carbocycles. The van der Waals surface area contributed by atoms with Crippen LogP contribution in [0.1, 0.15) is 34.1 Å². The van der Waals surface area contributed by atoms with Crippen molar-refractivity contribution in [2.75, 3.05) is 0 Å². The van der Waals surface area contributed by atoms with E-state index in [1.807, 2.05) is 12.1 Å². The number of nitrogens with one attached hydrogen (secondary N) is 1. The fourth-order valence-corrected chi connectivity index (χ4v) is 4.04. The van der Waals surface area contributed by atoms with Crippen molar-refractivity contribution in [3.05, 3.63) is 93.3 Å². The van der Waals surface area contributed by atoms with E-state index in [0.717, 1.165) is 29.7 Å². The Bertz CT molecular complexity index is 1380. The molecule has 8 nitrogen and oxygen atoms in total. The highest BCUT2D eigenvalue weighted by molar-refractivity contribution is 6.30. The summed E-state index contributed by atoms with van der Waals surface area (Å²) in [6, 6.07) is 12.2. The number of hydrogen-bond acceptors (Lipinski definition) is 5. The van der Waals surface area contributed by atoms with Crippen LogP contribution in [0.3, 0.4) is 0 Å². The number of nitrogens with zero attached hydrogens (tertiary/aromatic N) is 5. The number of carbonyl (C=O) groups excluding carboxylic acids is 1. The van der Waals surface area contributed by atoms with Gasteiger partial charge in [0.25, 0.3) is 11.5 Å². The zero-order chi connectivity index (χ0) is 22.2. The van der Waals surface area contributed by atoms with E-state index in [2.05, 4.69) is 20.5 Å². The predicted molar refractivity (Wildman–Crippen MR) is 120 cm³/mol. The molecule has 32 heavy (non-hydrogen) atoms. The quantitative estimate of drug-likeness (QED) is 0.519. The summed E-state index contributed by atoms with van der Waals surface area (Å²) in [5.74, 6) is -0.452. The minimum absolute atomic E-state index is 0.00569. The minimum Gasteiger partial charge on any atom is -0.345 e. The molecule has 1 amide bonds. The number of fused-ring (bicyclic) bond motifs is 1. The molecule has 4 aromatic rings. The van der Waals surface area contributed by atoms with Crippen molar-refractivity contribution in [1.29, 1.82) is 0 Å². The first-order chi connectivity index (χ1) is 15.5. The number of halogens is 1. The normalized spacial score (nSPS) is 14.9. The molecule has 1 aromatic carbocycles. The topological polar surface area (TPSA) is 94.7 Å². The molecule has 1 aliphatic rings. The largest absolute Gasteiger partial charge is 0.345 e. The van der Waals surface area contributed by atoms with Crippen molar-refractivity contribution in [2.24, 2.45) is 7.05 Å². The van der Waals surface area contributed by atoms with E-state index < -0.39 is 11.5 Å². The molecule has 1 N–H and O–H groups in total. The second-order valence-electron chi connectivity index (χ2n) is 7.64. The number of rotatable bonds is 4. The molecule has 3 aromatic heterocycles. The molecule has 0 bridgehead atoms. The van der Waals surface area contributed by atoms with Gasteiger partial charge in [-0.25, -0.2) is 0 Å². The first-order valence-corrected chi connectivity index (χ1v) is 10.5. The Morgan fingerprint density at radius 3 is 2.78 bits per heavy atom. The van der Waals surface area contributed by atoms with Crippen LogP contribution < -0.4 is 10.9 Å². The van der Waals surface area contributed by atoms with Gasteiger partial charge in [0.2, 0.25) is 0 Å². The maximum absolute atomic E-state index is 13.2. The Balaban J connectivity index is 1.57. The van der Waals surface area contributed by atoms with Crippen molar-refractivity contribution in [1.82, 2.24) is 29.9 Å². The van der Waals surface area contributed by atoms with Gasteiger partial charge in [-0.1, -0.05) is 29.8 Å². The Hall–Kier alpha value is -3.78. The van der Waals surface area contributed by atoms with Crippen molar-refractivity contribution in [3.8, 4) is 16.9 Å². The van der Waals surface area contributed by atoms with E-state index in [1.54, 1.807) is 48.4 Å². The monoisotopic (exact) mass is 446 g/mol. The van der Waals surface area contributed by atoms with Gasteiger partial charge in [-0.3, -0.25) is 19.3 Å². The van der Waals surface area contributed by atoms with Crippen molar-refractivity contribution >= 4 is 17.5 Å². The van der Waals surface area contributed by atoms with Crippen LogP contribution in [-0.2, 0) is 13.5 Å². The lowest BCUT2D eigenvalue weighted by Crippen LogP contribution is -2.35. The Morgan fingerprint density at radius 1 is 1.22 bits per heavy atom. The van der Waals surface area contributed by atoms with Crippen LogP contribution in [0.2, 0.25) is 5.02 Å². The number of benzene rings is 1. The van der Waals surface area contributed by atoms with Crippen molar-refractivity contribution in [3.63, 3.8) is 0 Å². The van der Waals surface area contributed by atoms with Crippen LogP contribution in [0, 0.1) is 0 Å². The minimum atomic E-state index is -0.516. The zero-order valence-electron chi connectivity index (χ0n) is 17.2. The summed E-state index contributed by atoms with van der Waals surface area (Å²) >= 11 is 6.02. The second-order valence-corrected chi connectivity index (χ2v) is 8.08. The van der Waals surface area contributed by atoms with Gasteiger partial charge in [-0.2, -0.15) is 14.9 Å². The molecule has 0 spiro atoms. The van der Waals surface area contributed by atoms with E-state index in [0.29, 0.717) is 16.4 Å². The van der Waals surface area contributed by atoms with Crippen LogP contribution in [-0.4, -0.2) is 30.5 Å². The van der Waals surface area contributed by atoms with E-state index in [-0.39, 0.29) is 11.6 Å². The third kappa shape index (κ3) is 3.69. The van der Waals surface area contributed by atoms with Crippen LogP contribution in [0.15, 0.2) is 65.8 Å². The Kier molecular flexibility index (Phi) is 5.07. The molecule has 0 saturated heterocycles. The third-order valence-electron chi connectivity index (χ3n) is 5.51. The maximum Gasteiger partial charge on any atom is 0.284 e. The first-order valence-electron chi connectivity index (χ1n) is 10.1. The summed E-state index contributed by atoms with van der Waals surface area (Å²) in [6.45, 7) is 0. The second kappa shape index (κ2) is 8.05. The average Bonchev–Trinajstić information content (AvgIpc) is 3.41. The van der Waals surface area contributed by atoms with Crippen LogP contribution in [0.25, 0.3) is 16.9 Å². The number of carbonyl (C=O) groups is 1. The SMILES string of the molecule is Cn1cc(-n2nc(-c3ccc(Cl)cc3)cc(C(=O)N[C@@H]3CCc4ncccc43)c2=O)cn1. The van der Waals surface area contributed by atoms with Crippen LogP contribution in [0.5, 0.6) is 0 Å². The number of aryl methyl sites for hydroxylation is 2. The number of pyridine rings is 1. The van der Waals surface area contributed by atoms with Gasteiger partial charge in [-0.05, 0) is 42.7 Å². The number of hydrogen-bond donors (Lipinski definition) is 1. The number of amides is 1. The predicted octanol–water partition coefficient (Wildman–Crippen LogP) is 3.10. The lowest BCUT2D eigenvalue weighted by molar-refractivity contribution is 0.0934. The lowest BCUT2D eigenvalue weighted by atomic mass is 10.1. The highest BCUT2D eigenvalue weighted by Gasteiger charge is 2.27. The molecule has 160 valence electrons. The van der Waals surface area contributed by atoms with Gasteiger partial charge in [0.15, 0.2) is 0 Å². The molecular weight excluding hydrogens is 428 g/mol. The van der Waals surface area contributed by atoms with Crippen molar-refractivity contribution in [2.45, 2.75) is 18.9 Å². The van der Waals surface area contributed by atoms with E-state index in [4.69, 9.17) is 11.6 Å². The molecule has 0 saturated carbocycles. The first kappa shape index (κ1) is 20.1. The molecule has 9 heteroatoms. The molecule has 0 aliphatic heterocycles. The van der Waals surface area contributed by atoms with Gasteiger partial charge in [0, 0.05) is 29.5 Å². The van der Waals surface area contributed by atoms with Gasteiger partial charge in [0.05, 0.1) is 24.1 Å². The summed E-state index contributed by atoms with van der Waals surface area (Å²) in [5, 5.41) is 12.2. The standard InChI is InChI=1S/C23H19ClN6O2/c1-29-13-16(12-26-29)30-23(32)18(11-21(28-30)14-4-6-15(24)7-5-14)22(31)27-20-9-8-19-17(20)3-2-10-25-19/h2-7,10-13,20H,8-9H2,1H3,(H,27,31)/t20-/m1/s1. The molecule has 3 heterocycles. The highest BCUT2D eigenvalue weighted by Crippen LogP contribution is 2.29. The van der Waals surface area contributed by atoms with E-state index >= 15 is 0 Å². The average molecular weight is 447 g/mol. The summed E-state index contributed by atoms with van der Waals surface area (Å²) in [6.07, 6.45) is 6.47. The fraction of sp³-hybridized carbons (Fsp3) is 0.174. The smallest absolute Gasteiger partial charge is 0.284 e. The summed E-state index contributed by atoms with van der Waals surface area (Å²) < 4.78 is 2.77. The van der Waals surface area contributed by atoms with Crippen molar-refractivity contribution < 1.29 is 4.79 Å². The molecule has 0 radical (unpaired) electrons. The Labute approximate surface area is 188 Å².